The summed E-state index contributed by atoms with van der Waals surface area (Å²) in [4.78, 5) is 0. The molecule has 2 atom stereocenters. The molecular formula is C15H16BrNO. The zero-order chi connectivity index (χ0) is 13.0. The van der Waals surface area contributed by atoms with Gasteiger partial charge in [0.2, 0.25) is 0 Å². The van der Waals surface area contributed by atoms with Crippen molar-refractivity contribution in [2.75, 3.05) is 5.32 Å². The quantitative estimate of drug-likeness (QED) is 0.895. The van der Waals surface area contributed by atoms with Crippen LogP contribution >= 0.6 is 15.9 Å². The molecule has 2 rings (SSSR count). The van der Waals surface area contributed by atoms with Gasteiger partial charge in [-0.1, -0.05) is 46.3 Å². The maximum atomic E-state index is 10.2. The van der Waals surface area contributed by atoms with Gasteiger partial charge in [0.15, 0.2) is 0 Å². The molecule has 94 valence electrons. The van der Waals surface area contributed by atoms with E-state index in [4.69, 9.17) is 0 Å². The van der Waals surface area contributed by atoms with E-state index in [0.29, 0.717) is 0 Å². The first-order valence-corrected chi connectivity index (χ1v) is 6.71. The average molecular weight is 306 g/mol. The van der Waals surface area contributed by atoms with Gasteiger partial charge in [0.25, 0.3) is 0 Å². The van der Waals surface area contributed by atoms with E-state index in [-0.39, 0.29) is 6.04 Å². The van der Waals surface area contributed by atoms with Crippen LogP contribution in [0.15, 0.2) is 59.1 Å². The van der Waals surface area contributed by atoms with Crippen molar-refractivity contribution in [3.05, 3.63) is 64.6 Å². The second-order valence-electron chi connectivity index (χ2n) is 4.30. The van der Waals surface area contributed by atoms with E-state index in [1.807, 2.05) is 61.5 Å². The first kappa shape index (κ1) is 13.1. The van der Waals surface area contributed by atoms with Crippen LogP contribution in [0.5, 0.6) is 0 Å². The van der Waals surface area contributed by atoms with Crippen LogP contribution in [0.4, 0.5) is 5.69 Å². The van der Waals surface area contributed by atoms with Gasteiger partial charge in [-0.25, -0.2) is 0 Å². The van der Waals surface area contributed by atoms with E-state index in [9.17, 15) is 5.11 Å². The van der Waals surface area contributed by atoms with Crippen molar-refractivity contribution in [2.24, 2.45) is 0 Å². The third-order valence-corrected chi connectivity index (χ3v) is 3.38. The molecule has 18 heavy (non-hydrogen) atoms. The zero-order valence-corrected chi connectivity index (χ0v) is 11.8. The summed E-state index contributed by atoms with van der Waals surface area (Å²) >= 11 is 3.40. The predicted octanol–water partition coefficient (Wildman–Crippen LogP) is 3.98. The number of aliphatic hydroxyl groups is 1. The lowest BCUT2D eigenvalue weighted by atomic mass is 10.0. The van der Waals surface area contributed by atoms with Crippen molar-refractivity contribution in [1.82, 2.24) is 0 Å². The molecule has 0 aliphatic heterocycles. The summed E-state index contributed by atoms with van der Waals surface area (Å²) in [7, 11) is 0. The normalized spacial score (nSPS) is 13.9. The lowest BCUT2D eigenvalue weighted by molar-refractivity contribution is 0.161. The summed E-state index contributed by atoms with van der Waals surface area (Å²) in [5.41, 5.74) is 1.93. The van der Waals surface area contributed by atoms with E-state index in [1.54, 1.807) is 0 Å². The summed E-state index contributed by atoms with van der Waals surface area (Å²) < 4.78 is 1.05. The molecular weight excluding hydrogens is 290 g/mol. The monoisotopic (exact) mass is 305 g/mol. The number of hydrogen-bond acceptors (Lipinski definition) is 2. The van der Waals surface area contributed by atoms with Gasteiger partial charge in [-0.15, -0.1) is 0 Å². The number of halogens is 1. The summed E-state index contributed by atoms with van der Waals surface area (Å²) in [6.45, 7) is 1.97. The summed E-state index contributed by atoms with van der Waals surface area (Å²) in [5, 5.41) is 13.5. The molecule has 0 aliphatic carbocycles. The van der Waals surface area contributed by atoms with Crippen LogP contribution in [-0.4, -0.2) is 11.1 Å². The Labute approximate surface area is 116 Å². The minimum Gasteiger partial charge on any atom is -0.386 e. The Bertz CT molecular complexity index is 484. The number of rotatable bonds is 4. The maximum absolute atomic E-state index is 10.2. The van der Waals surface area contributed by atoms with E-state index in [0.717, 1.165) is 15.7 Å². The summed E-state index contributed by atoms with van der Waals surface area (Å²) in [6, 6.07) is 17.6. The van der Waals surface area contributed by atoms with Gasteiger partial charge in [0.1, 0.15) is 0 Å². The van der Waals surface area contributed by atoms with E-state index >= 15 is 0 Å². The third-order valence-electron chi connectivity index (χ3n) is 2.85. The zero-order valence-electron chi connectivity index (χ0n) is 10.2. The molecule has 0 saturated carbocycles. The molecule has 2 aromatic carbocycles. The van der Waals surface area contributed by atoms with Crippen LogP contribution < -0.4 is 5.32 Å². The smallest absolute Gasteiger partial charge is 0.0988 e. The molecule has 0 fully saturated rings. The Morgan fingerprint density at radius 2 is 1.61 bits per heavy atom. The maximum Gasteiger partial charge on any atom is 0.0988 e. The second kappa shape index (κ2) is 6.03. The van der Waals surface area contributed by atoms with E-state index in [2.05, 4.69) is 21.2 Å². The van der Waals surface area contributed by atoms with Gasteiger partial charge < -0.3 is 10.4 Å². The highest BCUT2D eigenvalue weighted by atomic mass is 79.9. The molecule has 0 aliphatic rings. The summed E-state index contributed by atoms with van der Waals surface area (Å²) in [6.07, 6.45) is -0.519. The lowest BCUT2D eigenvalue weighted by Gasteiger charge is -2.21. The second-order valence-corrected chi connectivity index (χ2v) is 5.21. The van der Waals surface area contributed by atoms with Crippen LogP contribution in [0.25, 0.3) is 0 Å². The number of aliphatic hydroxyl groups excluding tert-OH is 1. The molecule has 0 saturated heterocycles. The Morgan fingerprint density at radius 3 is 2.22 bits per heavy atom. The fourth-order valence-electron chi connectivity index (χ4n) is 1.83. The molecule has 0 spiro atoms. The van der Waals surface area contributed by atoms with Crippen molar-refractivity contribution >= 4 is 21.6 Å². The molecule has 0 radical (unpaired) electrons. The van der Waals surface area contributed by atoms with Crippen molar-refractivity contribution < 1.29 is 5.11 Å². The van der Waals surface area contributed by atoms with E-state index in [1.165, 1.54) is 0 Å². The number of benzene rings is 2. The molecule has 0 amide bonds. The fourth-order valence-corrected chi connectivity index (χ4v) is 2.09. The Morgan fingerprint density at radius 1 is 1.00 bits per heavy atom. The van der Waals surface area contributed by atoms with Crippen molar-refractivity contribution in [2.45, 2.75) is 19.1 Å². The van der Waals surface area contributed by atoms with Gasteiger partial charge in [-0.3, -0.25) is 0 Å². The van der Waals surface area contributed by atoms with E-state index < -0.39 is 6.10 Å². The molecule has 2 aromatic rings. The largest absolute Gasteiger partial charge is 0.386 e. The minimum atomic E-state index is -0.519. The highest BCUT2D eigenvalue weighted by molar-refractivity contribution is 9.10. The van der Waals surface area contributed by atoms with Gasteiger partial charge in [0, 0.05) is 10.2 Å². The number of nitrogens with one attached hydrogen (secondary N) is 1. The van der Waals surface area contributed by atoms with Crippen molar-refractivity contribution in [3.63, 3.8) is 0 Å². The van der Waals surface area contributed by atoms with Crippen LogP contribution in [0.2, 0.25) is 0 Å². The summed E-state index contributed by atoms with van der Waals surface area (Å²) in [5.74, 6) is 0. The van der Waals surface area contributed by atoms with Crippen molar-refractivity contribution in [3.8, 4) is 0 Å². The first-order chi connectivity index (χ1) is 8.66. The molecule has 0 aromatic heterocycles. The topological polar surface area (TPSA) is 32.3 Å². The molecule has 2 N–H and O–H groups in total. The van der Waals surface area contributed by atoms with Crippen LogP contribution in [-0.2, 0) is 0 Å². The Kier molecular flexibility index (Phi) is 4.39. The van der Waals surface area contributed by atoms with Gasteiger partial charge in [-0.2, -0.15) is 0 Å². The standard InChI is InChI=1S/C15H16BrNO/c1-11(15(18)12-5-3-2-4-6-12)17-14-9-7-13(16)8-10-14/h2-11,15,17-18H,1H3. The van der Waals surface area contributed by atoms with Crippen LogP contribution in [0.3, 0.4) is 0 Å². The lowest BCUT2D eigenvalue weighted by Crippen LogP contribution is -2.23. The molecule has 2 unspecified atom stereocenters. The SMILES string of the molecule is CC(Nc1ccc(Br)cc1)C(O)c1ccccc1. The average Bonchev–Trinajstić information content (AvgIpc) is 2.41. The van der Waals surface area contributed by atoms with Crippen LogP contribution in [0, 0.1) is 0 Å². The molecule has 3 heteroatoms. The third kappa shape index (κ3) is 3.34. The van der Waals surface area contributed by atoms with Gasteiger partial charge >= 0.3 is 0 Å². The highest BCUT2D eigenvalue weighted by Crippen LogP contribution is 2.21. The number of anilines is 1. The Hall–Kier alpha value is -1.32. The predicted molar refractivity (Wildman–Crippen MR) is 78.6 cm³/mol. The van der Waals surface area contributed by atoms with Crippen molar-refractivity contribution in [1.29, 1.82) is 0 Å². The fraction of sp³-hybridized carbons (Fsp3) is 0.200. The highest BCUT2D eigenvalue weighted by Gasteiger charge is 2.15. The molecule has 0 heterocycles. The van der Waals surface area contributed by atoms with Gasteiger partial charge in [-0.05, 0) is 36.8 Å². The van der Waals surface area contributed by atoms with Gasteiger partial charge in [0.05, 0.1) is 12.1 Å². The first-order valence-electron chi connectivity index (χ1n) is 5.92. The minimum absolute atomic E-state index is 0.0476. The number of hydrogen-bond donors (Lipinski definition) is 2. The molecule has 2 nitrogen and oxygen atoms in total. The Balaban J connectivity index is 2.03. The molecule has 0 bridgehead atoms. The van der Waals surface area contributed by atoms with Crippen LogP contribution in [0.1, 0.15) is 18.6 Å².